The normalized spacial score (nSPS) is 20.2. The number of ether oxygens (including phenoxy) is 1. The van der Waals surface area contributed by atoms with Gasteiger partial charge in [0.25, 0.3) is 0 Å². The molecule has 1 atom stereocenters. The van der Waals surface area contributed by atoms with Crippen LogP contribution in [0.5, 0.6) is 0 Å². The van der Waals surface area contributed by atoms with Crippen molar-refractivity contribution in [2.45, 2.75) is 31.4 Å². The summed E-state index contributed by atoms with van der Waals surface area (Å²) < 4.78 is 68.3. The van der Waals surface area contributed by atoms with E-state index in [4.69, 9.17) is 4.74 Å². The standard InChI is InChI=1S/C14H16F3NO3S/c1-11(10-13-8-5-9-21-13)18(12-6-3-2-4-7-12)22(19,20)14(15,16)17/h2-4,6-7,10,13H,5,8-9H2,1H3/b11-10+. The number of hydrogen-bond acceptors (Lipinski definition) is 3. The fourth-order valence-corrected chi connectivity index (χ4v) is 3.32. The molecule has 8 heteroatoms. The molecule has 0 bridgehead atoms. The molecule has 0 radical (unpaired) electrons. The van der Waals surface area contributed by atoms with Crippen molar-refractivity contribution in [3.05, 3.63) is 42.1 Å². The molecule has 0 N–H and O–H groups in total. The van der Waals surface area contributed by atoms with Crippen molar-refractivity contribution in [2.24, 2.45) is 0 Å². The number of sulfonamides is 1. The minimum Gasteiger partial charge on any atom is -0.374 e. The Morgan fingerprint density at radius 1 is 1.32 bits per heavy atom. The summed E-state index contributed by atoms with van der Waals surface area (Å²) in [6, 6.07) is 7.19. The first-order valence-corrected chi connectivity index (χ1v) is 8.14. The van der Waals surface area contributed by atoms with Crippen LogP contribution in [0.25, 0.3) is 0 Å². The monoisotopic (exact) mass is 335 g/mol. The van der Waals surface area contributed by atoms with Gasteiger partial charge in [0.1, 0.15) is 0 Å². The molecule has 2 rings (SSSR count). The number of benzene rings is 1. The largest absolute Gasteiger partial charge is 0.517 e. The zero-order valence-electron chi connectivity index (χ0n) is 11.9. The topological polar surface area (TPSA) is 46.6 Å². The zero-order chi connectivity index (χ0) is 16.4. The molecule has 0 aliphatic carbocycles. The number of nitrogens with zero attached hydrogens (tertiary/aromatic N) is 1. The molecule has 1 saturated heterocycles. The minimum atomic E-state index is -5.52. The third kappa shape index (κ3) is 3.44. The second-order valence-corrected chi connectivity index (χ2v) is 6.69. The lowest BCUT2D eigenvalue weighted by atomic mass is 10.2. The number of alkyl halides is 3. The second kappa shape index (κ2) is 6.29. The lowest BCUT2D eigenvalue weighted by Gasteiger charge is -2.26. The Kier molecular flexibility index (Phi) is 4.81. The number of hydrogen-bond donors (Lipinski definition) is 0. The summed E-state index contributed by atoms with van der Waals surface area (Å²) in [7, 11) is -5.52. The van der Waals surface area contributed by atoms with Crippen molar-refractivity contribution in [3.8, 4) is 0 Å². The molecule has 1 aromatic carbocycles. The highest BCUT2D eigenvalue weighted by Gasteiger charge is 2.50. The first kappa shape index (κ1) is 16.8. The maximum absolute atomic E-state index is 13.0. The number of para-hydroxylation sites is 1. The van der Waals surface area contributed by atoms with Crippen LogP contribution in [0.2, 0.25) is 0 Å². The van der Waals surface area contributed by atoms with Gasteiger partial charge in [-0.1, -0.05) is 18.2 Å². The zero-order valence-corrected chi connectivity index (χ0v) is 12.7. The molecule has 1 aromatic rings. The maximum atomic E-state index is 13.0. The molecular weight excluding hydrogens is 319 g/mol. The number of halogens is 3. The quantitative estimate of drug-likeness (QED) is 0.847. The van der Waals surface area contributed by atoms with Crippen LogP contribution in [-0.2, 0) is 14.8 Å². The molecule has 1 unspecified atom stereocenters. The van der Waals surface area contributed by atoms with Crippen molar-refractivity contribution >= 4 is 15.7 Å². The summed E-state index contributed by atoms with van der Waals surface area (Å²) in [5.41, 5.74) is -5.48. The Morgan fingerprint density at radius 2 is 1.95 bits per heavy atom. The Morgan fingerprint density at radius 3 is 2.45 bits per heavy atom. The van der Waals surface area contributed by atoms with Crippen LogP contribution in [0, 0.1) is 0 Å². The summed E-state index contributed by atoms with van der Waals surface area (Å²) in [6.45, 7) is 1.85. The lowest BCUT2D eigenvalue weighted by molar-refractivity contribution is -0.0436. The van der Waals surface area contributed by atoms with Crippen molar-refractivity contribution in [2.75, 3.05) is 10.9 Å². The van der Waals surface area contributed by atoms with Crippen molar-refractivity contribution in [1.82, 2.24) is 0 Å². The Bertz CT molecular complexity index is 635. The summed E-state index contributed by atoms with van der Waals surface area (Å²) in [4.78, 5) is 0. The minimum absolute atomic E-state index is 0.0320. The smallest absolute Gasteiger partial charge is 0.374 e. The van der Waals surface area contributed by atoms with Crippen LogP contribution in [0.3, 0.4) is 0 Å². The highest BCUT2D eigenvalue weighted by molar-refractivity contribution is 7.93. The van der Waals surface area contributed by atoms with Crippen LogP contribution in [0.1, 0.15) is 19.8 Å². The predicted molar refractivity (Wildman–Crippen MR) is 76.6 cm³/mol. The molecular formula is C14H16F3NO3S. The summed E-state index contributed by atoms with van der Waals surface area (Å²) >= 11 is 0. The predicted octanol–water partition coefficient (Wildman–Crippen LogP) is 3.43. The summed E-state index contributed by atoms with van der Waals surface area (Å²) in [6.07, 6.45) is 2.51. The third-order valence-electron chi connectivity index (χ3n) is 3.24. The molecule has 4 nitrogen and oxygen atoms in total. The van der Waals surface area contributed by atoms with E-state index in [0.717, 1.165) is 6.42 Å². The molecule has 0 saturated carbocycles. The van der Waals surface area contributed by atoms with Gasteiger partial charge in [-0.2, -0.15) is 21.6 Å². The van der Waals surface area contributed by atoms with E-state index in [1.807, 2.05) is 0 Å². The van der Waals surface area contributed by atoms with E-state index in [1.54, 1.807) is 6.07 Å². The van der Waals surface area contributed by atoms with Gasteiger partial charge in [0.05, 0.1) is 11.8 Å². The maximum Gasteiger partial charge on any atom is 0.517 e. The second-order valence-electron chi connectivity index (χ2n) is 4.91. The van der Waals surface area contributed by atoms with Gasteiger partial charge < -0.3 is 4.74 Å². The molecule has 1 aliphatic rings. The lowest BCUT2D eigenvalue weighted by Crippen LogP contribution is -2.40. The molecule has 0 aromatic heterocycles. The number of rotatable bonds is 4. The van der Waals surface area contributed by atoms with E-state index >= 15 is 0 Å². The van der Waals surface area contributed by atoms with Crippen LogP contribution in [0.15, 0.2) is 42.1 Å². The molecule has 1 heterocycles. The van der Waals surface area contributed by atoms with E-state index < -0.39 is 15.5 Å². The van der Waals surface area contributed by atoms with Gasteiger partial charge in [0.2, 0.25) is 0 Å². The SMILES string of the molecule is C/C(=C\C1CCCO1)N(c1ccccc1)S(=O)(=O)C(F)(F)F. The average molecular weight is 335 g/mol. The van der Waals surface area contributed by atoms with E-state index in [-0.39, 0.29) is 17.5 Å². The van der Waals surface area contributed by atoms with Crippen LogP contribution in [0.4, 0.5) is 18.9 Å². The van der Waals surface area contributed by atoms with Gasteiger partial charge in [0, 0.05) is 12.3 Å². The Balaban J connectivity index is 2.47. The molecule has 1 aliphatic heterocycles. The highest BCUT2D eigenvalue weighted by Crippen LogP contribution is 2.34. The van der Waals surface area contributed by atoms with Gasteiger partial charge in [-0.15, -0.1) is 0 Å². The van der Waals surface area contributed by atoms with Crippen molar-refractivity contribution in [1.29, 1.82) is 0 Å². The van der Waals surface area contributed by atoms with Gasteiger partial charge in [0.15, 0.2) is 0 Å². The van der Waals surface area contributed by atoms with E-state index in [1.165, 1.54) is 37.3 Å². The third-order valence-corrected chi connectivity index (χ3v) is 4.80. The summed E-state index contributed by atoms with van der Waals surface area (Å²) in [5, 5.41) is 0. The highest BCUT2D eigenvalue weighted by atomic mass is 32.2. The fraction of sp³-hybridized carbons (Fsp3) is 0.429. The van der Waals surface area contributed by atoms with Gasteiger partial charge in [-0.25, -0.2) is 4.31 Å². The molecule has 122 valence electrons. The van der Waals surface area contributed by atoms with E-state index in [0.29, 0.717) is 17.3 Å². The molecule has 1 fully saturated rings. The summed E-state index contributed by atoms with van der Waals surface area (Å²) in [5.74, 6) is 0. The van der Waals surface area contributed by atoms with Crippen LogP contribution >= 0.6 is 0 Å². The molecule has 22 heavy (non-hydrogen) atoms. The van der Waals surface area contributed by atoms with Crippen molar-refractivity contribution in [3.63, 3.8) is 0 Å². The van der Waals surface area contributed by atoms with E-state index in [2.05, 4.69) is 0 Å². The first-order valence-electron chi connectivity index (χ1n) is 6.70. The van der Waals surface area contributed by atoms with E-state index in [9.17, 15) is 21.6 Å². The first-order chi connectivity index (χ1) is 10.2. The molecule has 0 amide bonds. The van der Waals surface area contributed by atoms with Gasteiger partial charge in [-0.05, 0) is 38.0 Å². The Labute approximate surface area is 127 Å². The van der Waals surface area contributed by atoms with Crippen molar-refractivity contribution < 1.29 is 26.3 Å². The Hall–Kier alpha value is -1.54. The van der Waals surface area contributed by atoms with Crippen LogP contribution < -0.4 is 4.31 Å². The number of anilines is 1. The van der Waals surface area contributed by atoms with Gasteiger partial charge in [-0.3, -0.25) is 0 Å². The number of allylic oxidation sites excluding steroid dienone is 1. The molecule has 0 spiro atoms. The average Bonchev–Trinajstić information content (AvgIpc) is 2.91. The fourth-order valence-electron chi connectivity index (χ4n) is 2.27. The van der Waals surface area contributed by atoms with Gasteiger partial charge >= 0.3 is 15.5 Å². The van der Waals surface area contributed by atoms with Crippen LogP contribution in [-0.4, -0.2) is 26.6 Å².